The van der Waals surface area contributed by atoms with E-state index in [1.165, 1.54) is 11.1 Å². The molecule has 0 radical (unpaired) electrons. The van der Waals surface area contributed by atoms with Gasteiger partial charge in [0.05, 0.1) is 11.2 Å². The number of hydrogen-bond donors (Lipinski definition) is 0. The van der Waals surface area contributed by atoms with Crippen LogP contribution < -0.4 is 0 Å². The van der Waals surface area contributed by atoms with Crippen LogP contribution in [0.25, 0.3) is 22.2 Å². The fourth-order valence-corrected chi connectivity index (χ4v) is 4.07. The van der Waals surface area contributed by atoms with Crippen molar-refractivity contribution in [1.29, 1.82) is 0 Å². The zero-order valence-corrected chi connectivity index (χ0v) is 19.2. The molecule has 0 atom stereocenters. The highest BCUT2D eigenvalue weighted by atomic mass is 19.1. The van der Waals surface area contributed by atoms with Crippen molar-refractivity contribution in [1.82, 2.24) is 4.98 Å². The van der Waals surface area contributed by atoms with E-state index in [1.54, 1.807) is 0 Å². The van der Waals surface area contributed by atoms with Crippen molar-refractivity contribution in [2.24, 2.45) is 10.8 Å². The summed E-state index contributed by atoms with van der Waals surface area (Å²) < 4.78 is 15.6. The first-order valence-corrected chi connectivity index (χ1v) is 10.5. The Balaban J connectivity index is 2.24. The van der Waals surface area contributed by atoms with Crippen molar-refractivity contribution >= 4 is 10.9 Å². The van der Waals surface area contributed by atoms with Gasteiger partial charge >= 0.3 is 0 Å². The van der Waals surface area contributed by atoms with Gasteiger partial charge in [0.25, 0.3) is 0 Å². The summed E-state index contributed by atoms with van der Waals surface area (Å²) in [6, 6.07) is 12.6. The molecule has 1 nitrogen and oxygen atoms in total. The van der Waals surface area contributed by atoms with Crippen LogP contribution in [0.1, 0.15) is 63.8 Å². The average Bonchev–Trinajstić information content (AvgIpc) is 2.55. The SMILES string of the molecule is Cc1cc(C)cc(-c2ccc3c(CC(C)(C)C)c(F)c(CC(C)(C)C)cc3n2)c1. The van der Waals surface area contributed by atoms with E-state index in [1.807, 2.05) is 12.1 Å². The summed E-state index contributed by atoms with van der Waals surface area (Å²) in [6.07, 6.45) is 1.39. The van der Waals surface area contributed by atoms with Crippen molar-refractivity contribution in [2.75, 3.05) is 0 Å². The summed E-state index contributed by atoms with van der Waals surface area (Å²) in [5.74, 6) is -0.0525. The van der Waals surface area contributed by atoms with Gasteiger partial charge in [-0.2, -0.15) is 0 Å². The highest BCUT2D eigenvalue weighted by Gasteiger charge is 2.23. The molecule has 0 N–H and O–H groups in total. The van der Waals surface area contributed by atoms with Gasteiger partial charge in [0.2, 0.25) is 0 Å². The minimum atomic E-state index is -0.0525. The molecular weight excluding hydrogens is 357 g/mol. The Morgan fingerprint density at radius 1 is 0.793 bits per heavy atom. The third-order valence-corrected chi connectivity index (χ3v) is 5.05. The van der Waals surface area contributed by atoms with Gasteiger partial charge in [-0.3, -0.25) is 0 Å². The highest BCUT2D eigenvalue weighted by Crippen LogP contribution is 2.34. The lowest BCUT2D eigenvalue weighted by atomic mass is 9.82. The number of aromatic nitrogens is 1. The first-order valence-electron chi connectivity index (χ1n) is 10.5. The zero-order chi connectivity index (χ0) is 21.6. The van der Waals surface area contributed by atoms with E-state index in [0.717, 1.165) is 33.3 Å². The Morgan fingerprint density at radius 2 is 1.38 bits per heavy atom. The average molecular weight is 392 g/mol. The third kappa shape index (κ3) is 5.23. The normalized spacial score (nSPS) is 12.6. The highest BCUT2D eigenvalue weighted by molar-refractivity contribution is 5.86. The molecule has 29 heavy (non-hydrogen) atoms. The molecule has 0 spiro atoms. The second kappa shape index (κ2) is 7.55. The standard InChI is InChI=1S/C27H34FN/c1-17-11-18(2)13-19(12-17)23-10-9-21-22(16-27(6,7)8)25(28)20(14-24(21)29-23)15-26(3,4)5/h9-14H,15-16H2,1-8H3. The summed E-state index contributed by atoms with van der Waals surface area (Å²) in [4.78, 5) is 4.98. The number of pyridine rings is 1. The molecule has 1 aromatic heterocycles. The second-order valence-corrected chi connectivity index (χ2v) is 10.9. The lowest BCUT2D eigenvalue weighted by Gasteiger charge is -2.24. The third-order valence-electron chi connectivity index (χ3n) is 5.05. The first kappa shape index (κ1) is 21.5. The van der Waals surface area contributed by atoms with Crippen LogP contribution in [0.15, 0.2) is 36.4 Å². The van der Waals surface area contributed by atoms with E-state index in [9.17, 15) is 0 Å². The topological polar surface area (TPSA) is 12.9 Å². The van der Waals surface area contributed by atoms with E-state index < -0.39 is 0 Å². The number of hydrogen-bond acceptors (Lipinski definition) is 1. The lowest BCUT2D eigenvalue weighted by molar-refractivity contribution is 0.390. The predicted octanol–water partition coefficient (Wildman–Crippen LogP) is 7.83. The minimum absolute atomic E-state index is 0.000448. The molecule has 1 heterocycles. The molecule has 154 valence electrons. The minimum Gasteiger partial charge on any atom is -0.248 e. The number of nitrogens with zero attached hydrogens (tertiary/aromatic N) is 1. The molecule has 2 aromatic carbocycles. The Hall–Kier alpha value is -2.22. The molecule has 0 fully saturated rings. The second-order valence-electron chi connectivity index (χ2n) is 10.9. The maximum absolute atomic E-state index is 15.6. The summed E-state index contributed by atoms with van der Waals surface area (Å²) in [6.45, 7) is 17.1. The molecule has 3 aromatic rings. The van der Waals surface area contributed by atoms with Crippen LogP contribution in [-0.4, -0.2) is 4.98 Å². The van der Waals surface area contributed by atoms with Crippen LogP contribution in [-0.2, 0) is 12.8 Å². The Bertz CT molecular complexity index is 1030. The maximum atomic E-state index is 15.6. The Kier molecular flexibility index (Phi) is 5.60. The number of rotatable bonds is 3. The number of fused-ring (bicyclic) bond motifs is 1. The van der Waals surface area contributed by atoms with Crippen LogP contribution in [0.2, 0.25) is 0 Å². The summed E-state index contributed by atoms with van der Waals surface area (Å²) in [5.41, 5.74) is 6.98. The van der Waals surface area contributed by atoms with Gasteiger partial charge in [-0.15, -0.1) is 0 Å². The van der Waals surface area contributed by atoms with Crippen LogP contribution in [0.4, 0.5) is 4.39 Å². The van der Waals surface area contributed by atoms with E-state index in [0.29, 0.717) is 12.8 Å². The van der Waals surface area contributed by atoms with Gasteiger partial charge in [-0.05, 0) is 72.9 Å². The molecule has 0 aliphatic heterocycles. The number of benzene rings is 2. The molecule has 0 saturated heterocycles. The fourth-order valence-electron chi connectivity index (χ4n) is 4.07. The van der Waals surface area contributed by atoms with Crippen LogP contribution in [0, 0.1) is 30.5 Å². The summed E-state index contributed by atoms with van der Waals surface area (Å²) >= 11 is 0. The number of halogens is 1. The lowest BCUT2D eigenvalue weighted by Crippen LogP contribution is -2.15. The molecule has 0 bridgehead atoms. The molecule has 0 aliphatic rings. The molecule has 0 saturated carbocycles. The van der Waals surface area contributed by atoms with Crippen molar-refractivity contribution in [3.05, 3.63) is 64.5 Å². The Morgan fingerprint density at radius 3 is 1.93 bits per heavy atom. The van der Waals surface area contributed by atoms with Crippen LogP contribution in [0.3, 0.4) is 0 Å². The molecular formula is C27H34FN. The smallest absolute Gasteiger partial charge is 0.130 e. The van der Waals surface area contributed by atoms with Crippen molar-refractivity contribution < 1.29 is 4.39 Å². The van der Waals surface area contributed by atoms with Gasteiger partial charge in [0.15, 0.2) is 0 Å². The monoisotopic (exact) mass is 391 g/mol. The molecule has 0 unspecified atom stereocenters. The molecule has 0 amide bonds. The molecule has 3 rings (SSSR count). The first-order chi connectivity index (χ1) is 13.3. The zero-order valence-electron chi connectivity index (χ0n) is 19.2. The summed E-state index contributed by atoms with van der Waals surface area (Å²) in [7, 11) is 0. The fraction of sp³-hybridized carbons (Fsp3) is 0.444. The van der Waals surface area contributed by atoms with Crippen molar-refractivity contribution in [3.8, 4) is 11.3 Å². The largest absolute Gasteiger partial charge is 0.248 e. The van der Waals surface area contributed by atoms with Gasteiger partial charge in [-0.25, -0.2) is 9.37 Å². The van der Waals surface area contributed by atoms with Gasteiger partial charge in [-0.1, -0.05) is 64.8 Å². The van der Waals surface area contributed by atoms with Crippen LogP contribution in [0.5, 0.6) is 0 Å². The number of aryl methyl sites for hydroxylation is 2. The van der Waals surface area contributed by atoms with Crippen LogP contribution >= 0.6 is 0 Å². The van der Waals surface area contributed by atoms with E-state index in [4.69, 9.17) is 4.98 Å². The van der Waals surface area contributed by atoms with Crippen molar-refractivity contribution in [2.45, 2.75) is 68.2 Å². The van der Waals surface area contributed by atoms with Crippen molar-refractivity contribution in [3.63, 3.8) is 0 Å². The van der Waals surface area contributed by atoms with Gasteiger partial charge in [0, 0.05) is 10.9 Å². The van der Waals surface area contributed by atoms with Gasteiger partial charge < -0.3 is 0 Å². The molecule has 0 aliphatic carbocycles. The van der Waals surface area contributed by atoms with E-state index in [-0.39, 0.29) is 16.6 Å². The quantitative estimate of drug-likeness (QED) is 0.443. The Labute approximate surface area is 175 Å². The molecule has 2 heteroatoms. The summed E-state index contributed by atoms with van der Waals surface area (Å²) in [5, 5.41) is 0.934. The predicted molar refractivity (Wildman–Crippen MR) is 123 cm³/mol. The maximum Gasteiger partial charge on any atom is 0.130 e. The van der Waals surface area contributed by atoms with E-state index >= 15 is 4.39 Å². The van der Waals surface area contributed by atoms with Gasteiger partial charge in [0.1, 0.15) is 5.82 Å². The van der Waals surface area contributed by atoms with E-state index in [2.05, 4.69) is 79.7 Å².